The second-order valence-electron chi connectivity index (χ2n) is 7.66. The highest BCUT2D eigenvalue weighted by Crippen LogP contribution is 2.45. The molecule has 0 aliphatic carbocycles. The van der Waals surface area contributed by atoms with Gasteiger partial charge in [0.25, 0.3) is 0 Å². The van der Waals surface area contributed by atoms with Gasteiger partial charge in [0.1, 0.15) is 11.9 Å². The van der Waals surface area contributed by atoms with Crippen LogP contribution in [-0.4, -0.2) is 34.8 Å². The molecule has 0 bridgehead atoms. The van der Waals surface area contributed by atoms with Gasteiger partial charge in [0.2, 0.25) is 0 Å². The van der Waals surface area contributed by atoms with Crippen molar-refractivity contribution in [2.45, 2.75) is 25.9 Å². The Morgan fingerprint density at radius 3 is 2.55 bits per heavy atom. The highest BCUT2D eigenvalue weighted by molar-refractivity contribution is 9.12. The second kappa shape index (κ2) is 8.63. The Labute approximate surface area is 198 Å². The molecule has 1 N–H and O–H groups in total. The van der Waals surface area contributed by atoms with Crippen LogP contribution in [0.2, 0.25) is 0 Å². The lowest BCUT2D eigenvalue weighted by molar-refractivity contribution is 0.0894. The first-order valence-electron chi connectivity index (χ1n) is 9.90. The number of carbonyl (C=O) groups excluding carboxylic acids is 1. The van der Waals surface area contributed by atoms with Crippen molar-refractivity contribution in [3.05, 3.63) is 80.4 Å². The van der Waals surface area contributed by atoms with Gasteiger partial charge in [0, 0.05) is 21.7 Å². The van der Waals surface area contributed by atoms with Crippen LogP contribution < -0.4 is 4.74 Å². The third-order valence-corrected chi connectivity index (χ3v) is 7.20. The Morgan fingerprint density at radius 2 is 1.87 bits per heavy atom. The molecule has 7 heteroatoms. The molecule has 3 unspecified atom stereocenters. The molecule has 0 saturated heterocycles. The maximum Gasteiger partial charge on any atom is 0.187 e. The van der Waals surface area contributed by atoms with Crippen LogP contribution in [0.1, 0.15) is 35.8 Å². The molecule has 31 heavy (non-hydrogen) atoms. The number of aromatic hydroxyl groups is 1. The molecule has 0 saturated carbocycles. The molecule has 2 aromatic carbocycles. The van der Waals surface area contributed by atoms with Crippen LogP contribution in [-0.2, 0) is 0 Å². The van der Waals surface area contributed by atoms with Crippen molar-refractivity contribution in [3.63, 3.8) is 0 Å². The molecule has 4 rings (SSSR count). The summed E-state index contributed by atoms with van der Waals surface area (Å²) in [7, 11) is 1.53. The lowest BCUT2D eigenvalue weighted by Gasteiger charge is -2.46. The molecule has 0 radical (unpaired) electrons. The summed E-state index contributed by atoms with van der Waals surface area (Å²) in [5.41, 5.74) is 2.57. The van der Waals surface area contributed by atoms with Gasteiger partial charge in [0.05, 0.1) is 17.6 Å². The van der Waals surface area contributed by atoms with E-state index in [2.05, 4.69) is 36.8 Å². The predicted octanol–water partition coefficient (Wildman–Crippen LogP) is 5.96. The van der Waals surface area contributed by atoms with Crippen molar-refractivity contribution in [2.24, 2.45) is 10.9 Å². The van der Waals surface area contributed by atoms with Crippen molar-refractivity contribution in [2.75, 3.05) is 7.11 Å². The zero-order valence-corrected chi connectivity index (χ0v) is 20.5. The van der Waals surface area contributed by atoms with E-state index in [0.29, 0.717) is 17.1 Å². The fraction of sp³-hybridized carbons (Fsp3) is 0.250. The van der Waals surface area contributed by atoms with Gasteiger partial charge in [-0.25, -0.2) is 0 Å². The van der Waals surface area contributed by atoms with Crippen LogP contribution in [0, 0.1) is 5.92 Å². The van der Waals surface area contributed by atoms with Gasteiger partial charge in [-0.3, -0.25) is 9.79 Å². The van der Waals surface area contributed by atoms with Crippen molar-refractivity contribution in [1.82, 2.24) is 4.90 Å². The first-order valence-corrected chi connectivity index (χ1v) is 11.5. The number of hydrogen-bond acceptors (Lipinski definition) is 5. The number of methoxy groups -OCH3 is 1. The minimum absolute atomic E-state index is 0.0115. The molecule has 160 valence electrons. The van der Waals surface area contributed by atoms with Crippen LogP contribution >= 0.6 is 31.9 Å². The Balaban J connectivity index is 1.88. The van der Waals surface area contributed by atoms with Gasteiger partial charge < -0.3 is 14.7 Å². The van der Waals surface area contributed by atoms with Crippen molar-refractivity contribution < 1.29 is 14.6 Å². The number of carbonyl (C=O) groups is 1. The van der Waals surface area contributed by atoms with E-state index in [1.165, 1.54) is 7.11 Å². The van der Waals surface area contributed by atoms with Gasteiger partial charge in [0.15, 0.2) is 17.3 Å². The Hall–Kier alpha value is -2.38. The summed E-state index contributed by atoms with van der Waals surface area (Å²) in [5, 5.41) is 10.1. The molecule has 2 aliphatic heterocycles. The average molecular weight is 546 g/mol. The summed E-state index contributed by atoms with van der Waals surface area (Å²) in [5.74, 6) is 1.03. The van der Waals surface area contributed by atoms with Gasteiger partial charge in [-0.2, -0.15) is 0 Å². The zero-order valence-electron chi connectivity index (χ0n) is 17.3. The smallest absolute Gasteiger partial charge is 0.187 e. The molecule has 0 spiro atoms. The predicted molar refractivity (Wildman–Crippen MR) is 129 cm³/mol. The molecule has 5 nitrogen and oxygen atoms in total. The van der Waals surface area contributed by atoms with Crippen LogP contribution in [0.3, 0.4) is 0 Å². The lowest BCUT2D eigenvalue weighted by atomic mass is 9.81. The van der Waals surface area contributed by atoms with Crippen molar-refractivity contribution >= 4 is 43.5 Å². The third kappa shape index (κ3) is 3.85. The minimum atomic E-state index is -0.552. The highest BCUT2D eigenvalue weighted by atomic mass is 79.9. The third-order valence-electron chi connectivity index (χ3n) is 5.81. The standard InChI is InChI=1S/C24H22Br2N2O3/c1-13-21(23(30)15-7-5-4-6-8-15)27-24-18(26)12-17(25)14(2)28(24)22(13)16-9-10-19(29)20(11-16)31-3/h4-13,21-22,29H,1-3H3. The monoisotopic (exact) mass is 544 g/mol. The molecule has 2 aliphatic rings. The lowest BCUT2D eigenvalue weighted by Crippen LogP contribution is -2.48. The van der Waals surface area contributed by atoms with Gasteiger partial charge in [-0.15, -0.1) is 0 Å². The Kier molecular flexibility index (Phi) is 6.08. The number of amidine groups is 1. The summed E-state index contributed by atoms with van der Waals surface area (Å²) >= 11 is 7.28. The largest absolute Gasteiger partial charge is 0.504 e. The summed E-state index contributed by atoms with van der Waals surface area (Å²) in [6.07, 6.45) is 1.96. The number of ketones is 1. The normalized spacial score (nSPS) is 23.1. The maximum absolute atomic E-state index is 13.4. The van der Waals surface area contributed by atoms with Gasteiger partial charge in [-0.1, -0.05) is 43.3 Å². The number of fused-ring (bicyclic) bond motifs is 1. The Morgan fingerprint density at radius 1 is 1.16 bits per heavy atom. The molecular weight excluding hydrogens is 524 g/mol. The SMILES string of the molecule is COc1cc(C2C(C)C(C(=O)c3ccccc3)N=C3C(Br)=CC(Br)=C(C)N32)ccc1O. The average Bonchev–Trinajstić information content (AvgIpc) is 2.78. The highest BCUT2D eigenvalue weighted by Gasteiger charge is 2.44. The Bertz CT molecular complexity index is 1120. The number of Topliss-reactive ketones (excluding diaryl/α,β-unsaturated/α-hetero) is 1. The van der Waals surface area contributed by atoms with Crippen LogP contribution in [0.25, 0.3) is 0 Å². The van der Waals surface area contributed by atoms with Crippen LogP contribution in [0.4, 0.5) is 0 Å². The van der Waals surface area contributed by atoms with E-state index in [1.54, 1.807) is 6.07 Å². The van der Waals surface area contributed by atoms with Gasteiger partial charge >= 0.3 is 0 Å². The molecule has 0 fully saturated rings. The maximum atomic E-state index is 13.4. The van der Waals surface area contributed by atoms with E-state index in [9.17, 15) is 9.90 Å². The summed E-state index contributed by atoms with van der Waals surface area (Å²) in [6, 6.07) is 13.9. The minimum Gasteiger partial charge on any atom is -0.504 e. The molecule has 2 aromatic rings. The number of halogens is 2. The number of phenolic OH excluding ortho intramolecular Hbond substituents is 1. The van der Waals surface area contributed by atoms with E-state index in [4.69, 9.17) is 9.73 Å². The van der Waals surface area contributed by atoms with Crippen molar-refractivity contribution in [3.8, 4) is 11.5 Å². The van der Waals surface area contributed by atoms with E-state index in [-0.39, 0.29) is 23.5 Å². The number of aliphatic imine (C=N–C) groups is 1. The number of rotatable bonds is 4. The number of ether oxygens (including phenoxy) is 1. The fourth-order valence-corrected chi connectivity index (χ4v) is 5.44. The van der Waals surface area contributed by atoms with E-state index in [1.807, 2.05) is 62.4 Å². The summed E-state index contributed by atoms with van der Waals surface area (Å²) < 4.78 is 7.10. The topological polar surface area (TPSA) is 62.1 Å². The quantitative estimate of drug-likeness (QED) is 0.481. The number of hydrogen-bond donors (Lipinski definition) is 1. The fourth-order valence-electron chi connectivity index (χ4n) is 4.19. The summed E-state index contributed by atoms with van der Waals surface area (Å²) in [4.78, 5) is 20.5. The molecule has 0 amide bonds. The molecule has 3 atom stereocenters. The number of nitrogens with zero attached hydrogens (tertiary/aromatic N) is 2. The van der Waals surface area contributed by atoms with Crippen LogP contribution in [0.5, 0.6) is 11.5 Å². The first kappa shape index (κ1) is 21.8. The molecule has 0 aromatic heterocycles. The zero-order chi connectivity index (χ0) is 22.3. The van der Waals surface area contributed by atoms with E-state index < -0.39 is 6.04 Å². The van der Waals surface area contributed by atoms with Crippen molar-refractivity contribution in [1.29, 1.82) is 0 Å². The van der Waals surface area contributed by atoms with Gasteiger partial charge in [-0.05, 0) is 62.6 Å². The number of benzene rings is 2. The second-order valence-corrected chi connectivity index (χ2v) is 9.37. The summed E-state index contributed by atoms with van der Waals surface area (Å²) in [6.45, 7) is 4.06. The molecule has 2 heterocycles. The number of allylic oxidation sites excluding steroid dienone is 3. The van der Waals surface area contributed by atoms with E-state index in [0.717, 1.165) is 20.2 Å². The first-order chi connectivity index (χ1) is 14.8. The van der Waals surface area contributed by atoms with Crippen LogP contribution in [0.15, 0.2) is 74.3 Å². The number of phenols is 1. The van der Waals surface area contributed by atoms with E-state index >= 15 is 0 Å². The molecular formula is C24H22Br2N2O3.